The smallest absolute Gasteiger partial charge is 0.258 e. The van der Waals surface area contributed by atoms with Gasteiger partial charge in [0.1, 0.15) is 11.6 Å². The molecule has 1 aromatic heterocycles. The van der Waals surface area contributed by atoms with Crippen LogP contribution >= 0.6 is 11.8 Å². The van der Waals surface area contributed by atoms with Crippen molar-refractivity contribution in [3.8, 4) is 0 Å². The topological polar surface area (TPSA) is 57.7 Å². The Bertz CT molecular complexity index is 1030. The number of aromatic nitrogens is 1. The Balaban J connectivity index is 1.36. The van der Waals surface area contributed by atoms with Crippen molar-refractivity contribution in [1.29, 1.82) is 0 Å². The molecule has 1 amide bonds. The van der Waals surface area contributed by atoms with Crippen LogP contribution in [0.2, 0.25) is 0 Å². The normalized spacial score (nSPS) is 21.7. The summed E-state index contributed by atoms with van der Waals surface area (Å²) in [6.45, 7) is 10.8. The number of carbonyl (C=O) groups is 1. The van der Waals surface area contributed by atoms with Gasteiger partial charge in [-0.15, -0.1) is 11.8 Å². The van der Waals surface area contributed by atoms with Gasteiger partial charge >= 0.3 is 0 Å². The van der Waals surface area contributed by atoms with Gasteiger partial charge in [0, 0.05) is 36.3 Å². The maximum atomic E-state index is 13.5. The number of carbonyl (C=O) groups excluding carboxylic acids is 1. The quantitative estimate of drug-likeness (QED) is 0.556. The molecule has 1 atom stereocenters. The van der Waals surface area contributed by atoms with Gasteiger partial charge in [-0.25, -0.2) is 4.98 Å². The third-order valence-corrected chi connectivity index (χ3v) is 8.25. The summed E-state index contributed by atoms with van der Waals surface area (Å²) in [6, 6.07) is 12.1. The second-order valence-electron chi connectivity index (χ2n) is 10.3. The van der Waals surface area contributed by atoms with E-state index in [0.29, 0.717) is 23.1 Å². The molecule has 0 radical (unpaired) electrons. The van der Waals surface area contributed by atoms with Crippen LogP contribution in [0.25, 0.3) is 0 Å². The number of ether oxygens (including phenoxy) is 1. The van der Waals surface area contributed by atoms with E-state index >= 15 is 0 Å². The van der Waals surface area contributed by atoms with E-state index in [9.17, 15) is 4.79 Å². The Morgan fingerprint density at radius 2 is 1.91 bits per heavy atom. The lowest BCUT2D eigenvalue weighted by atomic mass is 9.93. The van der Waals surface area contributed by atoms with Crippen LogP contribution in [0.5, 0.6) is 0 Å². The third kappa shape index (κ3) is 5.36. The molecular formula is C27H36N4O2S. The molecule has 2 aromatic rings. The van der Waals surface area contributed by atoms with Gasteiger partial charge in [-0.3, -0.25) is 4.79 Å². The molecule has 1 saturated carbocycles. The van der Waals surface area contributed by atoms with Gasteiger partial charge < -0.3 is 19.9 Å². The molecule has 0 bridgehead atoms. The van der Waals surface area contributed by atoms with E-state index in [2.05, 4.69) is 48.0 Å². The number of piperidine rings is 1. The zero-order chi connectivity index (χ0) is 23.7. The van der Waals surface area contributed by atoms with Crippen molar-refractivity contribution >= 4 is 35.0 Å². The monoisotopic (exact) mass is 480 g/mol. The average Bonchev–Trinajstić information content (AvgIpc) is 3.58. The number of nitrogens with one attached hydrogen (secondary N) is 1. The minimum atomic E-state index is -0.0946. The summed E-state index contributed by atoms with van der Waals surface area (Å²) in [6.07, 6.45) is 5.40. The molecular weight excluding hydrogens is 444 g/mol. The summed E-state index contributed by atoms with van der Waals surface area (Å²) in [7, 11) is 0. The Labute approximate surface area is 207 Å². The van der Waals surface area contributed by atoms with Crippen molar-refractivity contribution in [2.45, 2.75) is 62.7 Å². The lowest BCUT2D eigenvalue weighted by Crippen LogP contribution is -2.41. The number of anilines is 3. The lowest BCUT2D eigenvalue weighted by molar-refractivity contribution is 0.0529. The SMILES string of the molecule is CC(C)Sc1ccc(C(=O)Nc2cccc(N3CCO[C@H](C)C3)n2)c(N2CCC3(CC2)CC3)c1. The summed E-state index contributed by atoms with van der Waals surface area (Å²) >= 11 is 1.84. The number of thioether (sulfide) groups is 1. The second kappa shape index (κ2) is 9.78. The molecule has 3 aliphatic rings. The summed E-state index contributed by atoms with van der Waals surface area (Å²) in [5.74, 6) is 1.37. The van der Waals surface area contributed by atoms with Crippen LogP contribution in [-0.2, 0) is 4.74 Å². The second-order valence-corrected chi connectivity index (χ2v) is 11.9. The van der Waals surface area contributed by atoms with Gasteiger partial charge in [-0.05, 0) is 68.4 Å². The van der Waals surface area contributed by atoms with Crippen LogP contribution in [0.3, 0.4) is 0 Å². The van der Waals surface area contributed by atoms with Crippen molar-refractivity contribution in [3.05, 3.63) is 42.0 Å². The van der Waals surface area contributed by atoms with Gasteiger partial charge in [0.05, 0.1) is 24.0 Å². The minimum Gasteiger partial charge on any atom is -0.375 e. The first-order valence-electron chi connectivity index (χ1n) is 12.6. The number of hydrogen-bond donors (Lipinski definition) is 1. The fourth-order valence-corrected chi connectivity index (χ4v) is 5.96. The molecule has 2 saturated heterocycles. The highest BCUT2D eigenvalue weighted by Crippen LogP contribution is 2.54. The number of hydrogen-bond acceptors (Lipinski definition) is 6. The van der Waals surface area contributed by atoms with Gasteiger partial charge in [0.25, 0.3) is 5.91 Å². The van der Waals surface area contributed by atoms with Crippen molar-refractivity contribution in [3.63, 3.8) is 0 Å². The van der Waals surface area contributed by atoms with E-state index in [-0.39, 0.29) is 12.0 Å². The van der Waals surface area contributed by atoms with Crippen LogP contribution in [0.4, 0.5) is 17.3 Å². The maximum Gasteiger partial charge on any atom is 0.258 e. The summed E-state index contributed by atoms with van der Waals surface area (Å²) < 4.78 is 5.66. The molecule has 7 heteroatoms. The van der Waals surface area contributed by atoms with E-state index < -0.39 is 0 Å². The number of pyridine rings is 1. The average molecular weight is 481 g/mol. The molecule has 1 aromatic carbocycles. The van der Waals surface area contributed by atoms with Gasteiger partial charge in [-0.2, -0.15) is 0 Å². The van der Waals surface area contributed by atoms with Crippen molar-refractivity contribution in [2.24, 2.45) is 5.41 Å². The van der Waals surface area contributed by atoms with Crippen molar-refractivity contribution in [2.75, 3.05) is 47.9 Å². The minimum absolute atomic E-state index is 0.0946. The van der Waals surface area contributed by atoms with Crippen LogP contribution in [0.15, 0.2) is 41.3 Å². The summed E-state index contributed by atoms with van der Waals surface area (Å²) in [4.78, 5) is 24.1. The fourth-order valence-electron chi connectivity index (χ4n) is 5.09. The molecule has 3 heterocycles. The Kier molecular flexibility index (Phi) is 6.76. The van der Waals surface area contributed by atoms with Crippen molar-refractivity contribution in [1.82, 2.24) is 4.98 Å². The van der Waals surface area contributed by atoms with Crippen LogP contribution in [0.1, 0.15) is 56.8 Å². The van der Waals surface area contributed by atoms with E-state index in [4.69, 9.17) is 9.72 Å². The van der Waals surface area contributed by atoms with Crippen LogP contribution in [-0.4, -0.2) is 55.0 Å². The first-order valence-corrected chi connectivity index (χ1v) is 13.5. The predicted molar refractivity (Wildman–Crippen MR) is 140 cm³/mol. The zero-order valence-electron chi connectivity index (χ0n) is 20.5. The molecule has 182 valence electrons. The number of rotatable bonds is 6. The summed E-state index contributed by atoms with van der Waals surface area (Å²) in [5.41, 5.74) is 2.38. The molecule has 1 N–H and O–H groups in total. The largest absolute Gasteiger partial charge is 0.375 e. The summed E-state index contributed by atoms with van der Waals surface area (Å²) in [5, 5.41) is 3.57. The Morgan fingerprint density at radius 3 is 2.62 bits per heavy atom. The Hall–Kier alpha value is -2.25. The molecule has 1 aliphatic carbocycles. The number of nitrogens with zero attached hydrogens (tertiary/aromatic N) is 3. The van der Waals surface area contributed by atoms with Gasteiger partial charge in [0.2, 0.25) is 0 Å². The zero-order valence-corrected chi connectivity index (χ0v) is 21.4. The highest BCUT2D eigenvalue weighted by atomic mass is 32.2. The highest BCUT2D eigenvalue weighted by molar-refractivity contribution is 7.99. The van der Waals surface area contributed by atoms with Crippen LogP contribution in [0, 0.1) is 5.41 Å². The molecule has 2 aliphatic heterocycles. The van der Waals surface area contributed by atoms with E-state index in [0.717, 1.165) is 43.2 Å². The lowest BCUT2D eigenvalue weighted by Gasteiger charge is -2.35. The number of morpholine rings is 1. The van der Waals surface area contributed by atoms with Crippen LogP contribution < -0.4 is 15.1 Å². The standard InChI is InChI=1S/C27H36N4O2S/c1-19(2)34-21-7-8-22(23(17-21)30-13-11-27(9-10-27)12-14-30)26(32)29-24-5-4-6-25(28-24)31-15-16-33-20(3)18-31/h4-8,17,19-20H,9-16,18H2,1-3H3,(H,28,29,32)/t20-/m1/s1. The first-order chi connectivity index (χ1) is 16.4. The number of amides is 1. The van der Waals surface area contributed by atoms with Gasteiger partial charge in [0.15, 0.2) is 0 Å². The first kappa shape index (κ1) is 23.5. The van der Waals surface area contributed by atoms with Gasteiger partial charge in [-0.1, -0.05) is 19.9 Å². The fraction of sp³-hybridized carbons (Fsp3) is 0.556. The molecule has 34 heavy (non-hydrogen) atoms. The number of benzene rings is 1. The van der Waals surface area contributed by atoms with E-state index in [1.165, 1.54) is 30.6 Å². The predicted octanol–water partition coefficient (Wildman–Crippen LogP) is 5.44. The molecule has 1 spiro atoms. The maximum absolute atomic E-state index is 13.5. The van der Waals surface area contributed by atoms with E-state index in [1.54, 1.807) is 0 Å². The molecule has 5 rings (SSSR count). The van der Waals surface area contributed by atoms with Crippen molar-refractivity contribution < 1.29 is 9.53 Å². The Morgan fingerprint density at radius 1 is 1.12 bits per heavy atom. The highest BCUT2D eigenvalue weighted by Gasteiger charge is 2.44. The molecule has 6 nitrogen and oxygen atoms in total. The molecule has 3 fully saturated rings. The third-order valence-electron chi connectivity index (χ3n) is 7.25. The molecule has 0 unspecified atom stereocenters. The van der Waals surface area contributed by atoms with E-state index in [1.807, 2.05) is 36.0 Å².